The summed E-state index contributed by atoms with van der Waals surface area (Å²) in [6, 6.07) is 5.13. The molecule has 0 fully saturated rings. The Bertz CT molecular complexity index is 350. The summed E-state index contributed by atoms with van der Waals surface area (Å²) in [6.07, 6.45) is 0. The second-order valence-electron chi connectivity index (χ2n) is 3.02. The van der Waals surface area contributed by atoms with E-state index in [1.807, 2.05) is 0 Å². The molecule has 1 rings (SSSR count). The Labute approximate surface area is 96.6 Å². The average molecular weight is 225 g/mol. The molecule has 0 aliphatic rings. The molecule has 0 spiro atoms. The van der Waals surface area contributed by atoms with Gasteiger partial charge in [-0.2, -0.15) is 0 Å². The average Bonchev–Trinajstić information content (AvgIpc) is 2.28. The Morgan fingerprint density at radius 3 is 2.38 bits per heavy atom. The van der Waals surface area contributed by atoms with E-state index in [2.05, 4.69) is 5.32 Å². The summed E-state index contributed by atoms with van der Waals surface area (Å²) in [5.74, 6) is 1.22. The minimum Gasteiger partial charge on any atom is -0.493 e. The molecule has 0 bridgehead atoms. The zero-order valence-electron chi connectivity index (χ0n) is 9.16. The molecule has 4 nitrogen and oxygen atoms in total. The molecule has 0 radical (unpaired) electrons. The first kappa shape index (κ1) is 14.5. The van der Waals surface area contributed by atoms with Crippen molar-refractivity contribution < 1.29 is 14.3 Å². The third-order valence-corrected chi connectivity index (χ3v) is 2.04. The van der Waals surface area contributed by atoms with Crippen LogP contribution in [0.3, 0.4) is 0 Å². The van der Waals surface area contributed by atoms with Crippen LogP contribution in [0.25, 0.3) is 0 Å². The van der Waals surface area contributed by atoms with E-state index >= 15 is 0 Å². The lowest BCUT2D eigenvalue weighted by molar-refractivity contribution is 0.0993. The summed E-state index contributed by atoms with van der Waals surface area (Å²) in [5.41, 5.74) is 0.613. The van der Waals surface area contributed by atoms with E-state index in [1.54, 1.807) is 39.5 Å². The maximum atomic E-state index is 11.6. The molecule has 0 unspecified atom stereocenters. The Morgan fingerprint density at radius 1 is 1.25 bits per heavy atom. The number of Topliss-reactive ketones (excluding diaryl/α,β-unsaturated/α-hetero) is 1. The van der Waals surface area contributed by atoms with Gasteiger partial charge in [0.05, 0.1) is 20.8 Å². The lowest BCUT2D eigenvalue weighted by Crippen LogP contribution is -2.18. The first-order valence-electron chi connectivity index (χ1n) is 4.62. The minimum atomic E-state index is 0. The van der Waals surface area contributed by atoms with Crippen molar-refractivity contribution in [1.29, 1.82) is 0 Å². The van der Waals surface area contributed by atoms with Crippen LogP contribution in [0, 0.1) is 0 Å². The Hall–Kier alpha value is -1.55. The van der Waals surface area contributed by atoms with Crippen LogP contribution in [0.1, 0.15) is 17.8 Å². The number of carbonyl (C=O) groups excluding carboxylic acids is 1. The number of hydrogen-bond acceptors (Lipinski definition) is 4. The third kappa shape index (κ3) is 3.24. The van der Waals surface area contributed by atoms with Crippen molar-refractivity contribution in [3.05, 3.63) is 23.8 Å². The molecule has 4 heteroatoms. The van der Waals surface area contributed by atoms with Crippen LogP contribution in [-0.2, 0) is 0 Å². The van der Waals surface area contributed by atoms with Gasteiger partial charge in [0, 0.05) is 5.56 Å². The topological polar surface area (TPSA) is 47.6 Å². The third-order valence-electron chi connectivity index (χ3n) is 2.04. The van der Waals surface area contributed by atoms with Crippen molar-refractivity contribution in [2.75, 3.05) is 27.8 Å². The van der Waals surface area contributed by atoms with E-state index in [-0.39, 0.29) is 13.2 Å². The van der Waals surface area contributed by atoms with Crippen LogP contribution in [0.2, 0.25) is 0 Å². The standard InChI is InChI=1S/C11H15NO3.CH4/c1-12-7-9(13)8-4-5-10(14-2)11(6-8)15-3;/h4-6,12H,7H2,1-3H3;1H4. The van der Waals surface area contributed by atoms with E-state index in [4.69, 9.17) is 9.47 Å². The second kappa shape index (κ2) is 6.85. The quantitative estimate of drug-likeness (QED) is 0.775. The largest absolute Gasteiger partial charge is 0.493 e. The van der Waals surface area contributed by atoms with Gasteiger partial charge in [0.15, 0.2) is 17.3 Å². The van der Waals surface area contributed by atoms with E-state index in [9.17, 15) is 4.79 Å². The zero-order valence-corrected chi connectivity index (χ0v) is 9.16. The fourth-order valence-electron chi connectivity index (χ4n) is 1.27. The van der Waals surface area contributed by atoms with Gasteiger partial charge in [0.25, 0.3) is 0 Å². The predicted octanol–water partition coefficient (Wildman–Crippen LogP) is 1.74. The molecule has 1 aromatic rings. The molecule has 0 aliphatic heterocycles. The first-order valence-corrected chi connectivity index (χ1v) is 4.62. The summed E-state index contributed by atoms with van der Waals surface area (Å²) in [5, 5.41) is 2.81. The highest BCUT2D eigenvalue weighted by atomic mass is 16.5. The number of benzene rings is 1. The number of hydrogen-bond donors (Lipinski definition) is 1. The van der Waals surface area contributed by atoms with E-state index < -0.39 is 0 Å². The molecule has 0 aliphatic carbocycles. The van der Waals surface area contributed by atoms with Crippen LogP contribution >= 0.6 is 0 Å². The molecular weight excluding hydrogens is 206 g/mol. The number of likely N-dealkylation sites (N-methyl/N-ethyl adjacent to an activating group) is 1. The molecule has 1 N–H and O–H groups in total. The highest BCUT2D eigenvalue weighted by Crippen LogP contribution is 2.27. The fourth-order valence-corrected chi connectivity index (χ4v) is 1.27. The molecular formula is C12H19NO3. The molecule has 0 amide bonds. The molecule has 0 saturated carbocycles. The Morgan fingerprint density at radius 2 is 1.88 bits per heavy atom. The van der Waals surface area contributed by atoms with Crippen molar-refractivity contribution in [2.24, 2.45) is 0 Å². The normalized spacial score (nSPS) is 9.19. The van der Waals surface area contributed by atoms with Gasteiger partial charge < -0.3 is 14.8 Å². The summed E-state index contributed by atoms with van der Waals surface area (Å²) in [4.78, 5) is 11.6. The summed E-state index contributed by atoms with van der Waals surface area (Å²) >= 11 is 0. The molecule has 0 heterocycles. The number of rotatable bonds is 5. The van der Waals surface area contributed by atoms with Crippen LogP contribution in [0.4, 0.5) is 0 Å². The van der Waals surface area contributed by atoms with Crippen molar-refractivity contribution >= 4 is 5.78 Å². The minimum absolute atomic E-state index is 0. The van der Waals surface area contributed by atoms with Gasteiger partial charge in [0.1, 0.15) is 0 Å². The van der Waals surface area contributed by atoms with Crippen LogP contribution in [-0.4, -0.2) is 33.6 Å². The molecule has 0 saturated heterocycles. The van der Waals surface area contributed by atoms with Gasteiger partial charge in [-0.05, 0) is 25.2 Å². The van der Waals surface area contributed by atoms with E-state index in [0.717, 1.165) is 0 Å². The lowest BCUT2D eigenvalue weighted by atomic mass is 10.1. The summed E-state index contributed by atoms with van der Waals surface area (Å²) in [7, 11) is 4.84. The number of methoxy groups -OCH3 is 2. The van der Waals surface area contributed by atoms with Gasteiger partial charge in [-0.25, -0.2) is 0 Å². The maximum absolute atomic E-state index is 11.6. The van der Waals surface area contributed by atoms with Crippen LogP contribution < -0.4 is 14.8 Å². The van der Waals surface area contributed by atoms with Gasteiger partial charge >= 0.3 is 0 Å². The van der Waals surface area contributed by atoms with E-state index in [1.165, 1.54) is 0 Å². The Balaban J connectivity index is 0.00000225. The van der Waals surface area contributed by atoms with Crippen molar-refractivity contribution in [3.8, 4) is 11.5 Å². The highest BCUT2D eigenvalue weighted by molar-refractivity contribution is 5.98. The van der Waals surface area contributed by atoms with E-state index in [0.29, 0.717) is 23.6 Å². The summed E-state index contributed by atoms with van der Waals surface area (Å²) in [6.45, 7) is 0.315. The number of nitrogens with one attached hydrogen (secondary N) is 1. The first-order chi connectivity index (χ1) is 7.22. The van der Waals surface area contributed by atoms with Crippen LogP contribution in [0.5, 0.6) is 11.5 Å². The van der Waals surface area contributed by atoms with Gasteiger partial charge in [-0.1, -0.05) is 7.43 Å². The van der Waals surface area contributed by atoms with Crippen LogP contribution in [0.15, 0.2) is 18.2 Å². The van der Waals surface area contributed by atoms with Crippen molar-refractivity contribution in [1.82, 2.24) is 5.32 Å². The number of carbonyl (C=O) groups is 1. The monoisotopic (exact) mass is 225 g/mol. The number of ketones is 1. The smallest absolute Gasteiger partial charge is 0.176 e. The van der Waals surface area contributed by atoms with Gasteiger partial charge in [0.2, 0.25) is 0 Å². The Kier molecular flexibility index (Phi) is 6.18. The molecule has 0 aromatic heterocycles. The number of ether oxygens (including phenoxy) is 2. The predicted molar refractivity (Wildman–Crippen MR) is 64.5 cm³/mol. The lowest BCUT2D eigenvalue weighted by Gasteiger charge is -2.08. The van der Waals surface area contributed by atoms with Gasteiger partial charge in [-0.15, -0.1) is 0 Å². The second-order valence-corrected chi connectivity index (χ2v) is 3.02. The highest BCUT2D eigenvalue weighted by Gasteiger charge is 2.09. The molecule has 16 heavy (non-hydrogen) atoms. The molecule has 0 atom stereocenters. The maximum Gasteiger partial charge on any atom is 0.176 e. The molecule has 90 valence electrons. The van der Waals surface area contributed by atoms with Crippen molar-refractivity contribution in [2.45, 2.75) is 7.43 Å². The summed E-state index contributed by atoms with van der Waals surface area (Å²) < 4.78 is 10.2. The van der Waals surface area contributed by atoms with Crippen molar-refractivity contribution in [3.63, 3.8) is 0 Å². The zero-order chi connectivity index (χ0) is 11.3. The SMILES string of the molecule is C.CNCC(=O)c1ccc(OC)c(OC)c1. The van der Waals surface area contributed by atoms with Gasteiger partial charge in [-0.3, -0.25) is 4.79 Å². The molecule has 1 aromatic carbocycles. The fraction of sp³-hybridized carbons (Fsp3) is 0.417.